The van der Waals surface area contributed by atoms with E-state index in [2.05, 4.69) is 10.6 Å². The lowest BCUT2D eigenvalue weighted by molar-refractivity contribution is -0.120. The zero-order valence-corrected chi connectivity index (χ0v) is 10.6. The maximum Gasteiger partial charge on any atom is 0.234 e. The van der Waals surface area contributed by atoms with Crippen molar-refractivity contribution >= 4 is 5.91 Å². The Bertz CT molecular complexity index is 410. The maximum atomic E-state index is 13.7. The molecule has 5 heteroatoms. The van der Waals surface area contributed by atoms with E-state index >= 15 is 0 Å². The predicted molar refractivity (Wildman–Crippen MR) is 66.1 cm³/mol. The molecule has 3 nitrogen and oxygen atoms in total. The minimum absolute atomic E-state index is 0.170. The van der Waals surface area contributed by atoms with E-state index in [0.717, 1.165) is 12.5 Å². The van der Waals surface area contributed by atoms with Crippen LogP contribution in [-0.2, 0) is 4.79 Å². The van der Waals surface area contributed by atoms with Crippen molar-refractivity contribution in [3.63, 3.8) is 0 Å². The molecule has 18 heavy (non-hydrogen) atoms. The van der Waals surface area contributed by atoms with Crippen LogP contribution in [0.25, 0.3) is 0 Å². The van der Waals surface area contributed by atoms with E-state index in [0.29, 0.717) is 12.0 Å². The van der Waals surface area contributed by atoms with Crippen LogP contribution >= 0.6 is 0 Å². The van der Waals surface area contributed by atoms with Gasteiger partial charge in [0.05, 0.1) is 12.6 Å². The zero-order chi connectivity index (χ0) is 13.5. The Morgan fingerprint density at radius 1 is 1.39 bits per heavy atom. The Kier molecular flexibility index (Phi) is 5.71. The van der Waals surface area contributed by atoms with E-state index in [1.165, 1.54) is 12.1 Å². The molecular formula is C13H18F2N2O. The molecule has 0 aromatic heterocycles. The fraction of sp³-hybridized carbons (Fsp3) is 0.462. The summed E-state index contributed by atoms with van der Waals surface area (Å²) in [7, 11) is 1.66. The molecule has 0 saturated heterocycles. The highest BCUT2D eigenvalue weighted by Crippen LogP contribution is 2.22. The smallest absolute Gasteiger partial charge is 0.234 e. The van der Waals surface area contributed by atoms with Gasteiger partial charge in [0.2, 0.25) is 5.91 Å². The van der Waals surface area contributed by atoms with Crippen molar-refractivity contribution in [3.05, 3.63) is 35.4 Å². The molecular weight excluding hydrogens is 238 g/mol. The van der Waals surface area contributed by atoms with Gasteiger partial charge in [-0.05, 0) is 19.5 Å². The minimum Gasteiger partial charge on any atom is -0.348 e. The van der Waals surface area contributed by atoms with Gasteiger partial charge in [-0.1, -0.05) is 19.4 Å². The van der Waals surface area contributed by atoms with E-state index in [4.69, 9.17) is 0 Å². The SMILES string of the molecule is CCCC(NC(=O)CNC)c1ccc(F)cc1F. The average molecular weight is 256 g/mol. The van der Waals surface area contributed by atoms with Gasteiger partial charge in [0.15, 0.2) is 0 Å². The molecule has 0 spiro atoms. The standard InChI is InChI=1S/C13H18F2N2O/c1-3-4-12(17-13(18)8-16-2)10-6-5-9(14)7-11(10)15/h5-7,12,16H,3-4,8H2,1-2H3,(H,17,18). The summed E-state index contributed by atoms with van der Waals surface area (Å²) in [6.45, 7) is 2.11. The Morgan fingerprint density at radius 3 is 2.67 bits per heavy atom. The highest BCUT2D eigenvalue weighted by Gasteiger charge is 2.17. The van der Waals surface area contributed by atoms with E-state index in [1.807, 2.05) is 6.92 Å². The lowest BCUT2D eigenvalue weighted by Crippen LogP contribution is -2.35. The summed E-state index contributed by atoms with van der Waals surface area (Å²) in [4.78, 5) is 11.5. The van der Waals surface area contributed by atoms with Gasteiger partial charge in [-0.3, -0.25) is 4.79 Å². The molecule has 1 amide bonds. The van der Waals surface area contributed by atoms with Gasteiger partial charge < -0.3 is 10.6 Å². The zero-order valence-electron chi connectivity index (χ0n) is 10.6. The highest BCUT2D eigenvalue weighted by atomic mass is 19.1. The normalized spacial score (nSPS) is 12.2. The molecule has 1 rings (SSSR count). The molecule has 1 atom stereocenters. The van der Waals surface area contributed by atoms with Crippen molar-refractivity contribution in [1.29, 1.82) is 0 Å². The van der Waals surface area contributed by atoms with Crippen LogP contribution in [-0.4, -0.2) is 19.5 Å². The fourth-order valence-corrected chi connectivity index (χ4v) is 1.78. The number of carbonyl (C=O) groups is 1. The number of amides is 1. The Balaban J connectivity index is 2.86. The second kappa shape index (κ2) is 7.06. The van der Waals surface area contributed by atoms with Gasteiger partial charge in [0, 0.05) is 11.6 Å². The summed E-state index contributed by atoms with van der Waals surface area (Å²) in [6.07, 6.45) is 1.40. The third kappa shape index (κ3) is 4.07. The van der Waals surface area contributed by atoms with E-state index < -0.39 is 17.7 Å². The molecule has 0 aliphatic carbocycles. The maximum absolute atomic E-state index is 13.7. The Hall–Kier alpha value is -1.49. The molecule has 2 N–H and O–H groups in total. The summed E-state index contributed by atoms with van der Waals surface area (Å²) in [6, 6.07) is 2.99. The summed E-state index contributed by atoms with van der Waals surface area (Å²) in [5, 5.41) is 5.46. The van der Waals surface area contributed by atoms with E-state index in [-0.39, 0.29) is 12.5 Å². The van der Waals surface area contributed by atoms with Gasteiger partial charge in [0.25, 0.3) is 0 Å². The summed E-state index contributed by atoms with van der Waals surface area (Å²) in [5.41, 5.74) is 0.322. The largest absolute Gasteiger partial charge is 0.348 e. The van der Waals surface area contributed by atoms with Crippen LogP contribution in [0.4, 0.5) is 8.78 Å². The number of carbonyl (C=O) groups excluding carboxylic acids is 1. The van der Waals surface area contributed by atoms with Crippen molar-refractivity contribution in [3.8, 4) is 0 Å². The third-order valence-electron chi connectivity index (χ3n) is 2.59. The molecule has 1 aromatic rings. The van der Waals surface area contributed by atoms with Crippen molar-refractivity contribution < 1.29 is 13.6 Å². The molecule has 0 aliphatic heterocycles. The second-order valence-electron chi connectivity index (χ2n) is 4.10. The molecule has 0 heterocycles. The molecule has 0 bridgehead atoms. The van der Waals surface area contributed by atoms with Crippen LogP contribution in [0.1, 0.15) is 31.4 Å². The van der Waals surface area contributed by atoms with Gasteiger partial charge in [-0.25, -0.2) is 8.78 Å². The van der Waals surface area contributed by atoms with Crippen molar-refractivity contribution in [1.82, 2.24) is 10.6 Å². The first-order valence-electron chi connectivity index (χ1n) is 5.97. The second-order valence-corrected chi connectivity index (χ2v) is 4.10. The van der Waals surface area contributed by atoms with Crippen LogP contribution in [0.15, 0.2) is 18.2 Å². The van der Waals surface area contributed by atoms with E-state index in [9.17, 15) is 13.6 Å². The average Bonchev–Trinajstić information content (AvgIpc) is 2.29. The van der Waals surface area contributed by atoms with Crippen LogP contribution in [0.2, 0.25) is 0 Å². The topological polar surface area (TPSA) is 41.1 Å². The molecule has 100 valence electrons. The Morgan fingerprint density at radius 2 is 2.11 bits per heavy atom. The number of likely N-dealkylation sites (N-methyl/N-ethyl adjacent to an activating group) is 1. The van der Waals surface area contributed by atoms with Crippen LogP contribution in [0.5, 0.6) is 0 Å². The number of hydrogen-bond acceptors (Lipinski definition) is 2. The number of nitrogens with one attached hydrogen (secondary N) is 2. The summed E-state index contributed by atoms with van der Waals surface area (Å²) in [5.74, 6) is -1.45. The van der Waals surface area contributed by atoms with Crippen LogP contribution in [0, 0.1) is 11.6 Å². The quantitative estimate of drug-likeness (QED) is 0.818. The molecule has 0 aliphatic rings. The number of benzene rings is 1. The van der Waals surface area contributed by atoms with Crippen LogP contribution < -0.4 is 10.6 Å². The van der Waals surface area contributed by atoms with Crippen molar-refractivity contribution in [2.24, 2.45) is 0 Å². The summed E-state index contributed by atoms with van der Waals surface area (Å²) >= 11 is 0. The number of hydrogen-bond donors (Lipinski definition) is 2. The molecule has 1 unspecified atom stereocenters. The Labute approximate surface area is 106 Å². The lowest BCUT2D eigenvalue weighted by atomic mass is 10.0. The number of rotatable bonds is 6. The first-order valence-corrected chi connectivity index (χ1v) is 5.97. The minimum atomic E-state index is -0.627. The number of halogens is 2. The first-order chi connectivity index (χ1) is 8.58. The monoisotopic (exact) mass is 256 g/mol. The van der Waals surface area contributed by atoms with E-state index in [1.54, 1.807) is 7.05 Å². The third-order valence-corrected chi connectivity index (χ3v) is 2.59. The molecule has 0 radical (unpaired) electrons. The van der Waals surface area contributed by atoms with Crippen LogP contribution in [0.3, 0.4) is 0 Å². The van der Waals surface area contributed by atoms with Crippen molar-refractivity contribution in [2.45, 2.75) is 25.8 Å². The van der Waals surface area contributed by atoms with Gasteiger partial charge in [0.1, 0.15) is 11.6 Å². The van der Waals surface area contributed by atoms with Crippen molar-refractivity contribution in [2.75, 3.05) is 13.6 Å². The van der Waals surface area contributed by atoms with Gasteiger partial charge in [-0.15, -0.1) is 0 Å². The lowest BCUT2D eigenvalue weighted by Gasteiger charge is -2.19. The molecule has 1 aromatic carbocycles. The van der Waals surface area contributed by atoms with Gasteiger partial charge >= 0.3 is 0 Å². The summed E-state index contributed by atoms with van der Waals surface area (Å²) < 4.78 is 26.5. The molecule has 0 fully saturated rings. The highest BCUT2D eigenvalue weighted by molar-refractivity contribution is 5.78. The molecule has 0 saturated carbocycles. The fourth-order valence-electron chi connectivity index (χ4n) is 1.78. The predicted octanol–water partition coefficient (Wildman–Crippen LogP) is 2.14. The van der Waals surface area contributed by atoms with Gasteiger partial charge in [-0.2, -0.15) is 0 Å². The first kappa shape index (κ1) is 14.6.